The summed E-state index contributed by atoms with van der Waals surface area (Å²) in [6.07, 6.45) is 1.94. The summed E-state index contributed by atoms with van der Waals surface area (Å²) < 4.78 is 31.4. The molecule has 2 heterocycles. The van der Waals surface area contributed by atoms with Gasteiger partial charge in [0, 0.05) is 30.0 Å². The standard InChI is InChI=1S/C24H23N3O3S/c1-16-10-11-18(14-20(16)24-26-22-7-3-4-9-23(22)30-24)25-21-8-5-6-17-15-27(31(2,28)29)13-12-19(17)21/h3-11,14,25H,12-13,15H2,1-2H3. The van der Waals surface area contributed by atoms with E-state index in [-0.39, 0.29) is 0 Å². The van der Waals surface area contributed by atoms with E-state index in [1.807, 2.05) is 67.6 Å². The van der Waals surface area contributed by atoms with Crippen molar-refractivity contribution in [3.05, 3.63) is 77.4 Å². The average molecular weight is 434 g/mol. The predicted octanol–water partition coefficient (Wildman–Crippen LogP) is 4.86. The molecule has 0 unspecified atom stereocenters. The zero-order chi connectivity index (χ0) is 21.6. The van der Waals surface area contributed by atoms with Gasteiger partial charge in [-0.05, 0) is 60.4 Å². The van der Waals surface area contributed by atoms with Crippen molar-refractivity contribution in [3.63, 3.8) is 0 Å². The van der Waals surface area contributed by atoms with Gasteiger partial charge in [-0.2, -0.15) is 4.31 Å². The molecule has 0 fully saturated rings. The van der Waals surface area contributed by atoms with Crippen LogP contribution in [0, 0.1) is 6.92 Å². The maximum atomic E-state index is 11.9. The average Bonchev–Trinajstić information content (AvgIpc) is 3.18. The highest BCUT2D eigenvalue weighted by Gasteiger charge is 2.24. The molecule has 0 bridgehead atoms. The number of nitrogens with one attached hydrogen (secondary N) is 1. The summed E-state index contributed by atoms with van der Waals surface area (Å²) in [6, 6.07) is 19.9. The molecule has 0 saturated carbocycles. The molecule has 6 nitrogen and oxygen atoms in total. The molecule has 31 heavy (non-hydrogen) atoms. The summed E-state index contributed by atoms with van der Waals surface area (Å²) in [5.74, 6) is 0.598. The Bertz CT molecular complexity index is 1360. The summed E-state index contributed by atoms with van der Waals surface area (Å²) >= 11 is 0. The number of benzene rings is 3. The van der Waals surface area contributed by atoms with Gasteiger partial charge >= 0.3 is 0 Å². The number of fused-ring (bicyclic) bond motifs is 2. The summed E-state index contributed by atoms with van der Waals surface area (Å²) in [4.78, 5) is 4.64. The Balaban J connectivity index is 1.47. The lowest BCUT2D eigenvalue weighted by atomic mass is 9.98. The molecule has 0 atom stereocenters. The van der Waals surface area contributed by atoms with Crippen LogP contribution < -0.4 is 5.32 Å². The molecule has 0 aliphatic carbocycles. The molecule has 0 spiro atoms. The first-order valence-electron chi connectivity index (χ1n) is 10.2. The summed E-state index contributed by atoms with van der Waals surface area (Å²) in [6.45, 7) is 2.94. The van der Waals surface area contributed by atoms with Crippen LogP contribution in [0.15, 0.2) is 65.1 Å². The number of nitrogens with zero attached hydrogens (tertiary/aromatic N) is 2. The van der Waals surface area contributed by atoms with Crippen molar-refractivity contribution in [2.75, 3.05) is 18.1 Å². The molecule has 0 radical (unpaired) electrons. The monoisotopic (exact) mass is 433 g/mol. The fourth-order valence-corrected chi connectivity index (χ4v) is 4.85. The Morgan fingerprint density at radius 1 is 1.06 bits per heavy atom. The number of sulfonamides is 1. The van der Waals surface area contributed by atoms with Crippen LogP contribution in [0.3, 0.4) is 0 Å². The lowest BCUT2D eigenvalue weighted by Crippen LogP contribution is -2.35. The second-order valence-electron chi connectivity index (χ2n) is 7.93. The van der Waals surface area contributed by atoms with Gasteiger partial charge in [0.15, 0.2) is 5.58 Å². The Kier molecular flexibility index (Phi) is 4.79. The van der Waals surface area contributed by atoms with Crippen LogP contribution in [0.5, 0.6) is 0 Å². The van der Waals surface area contributed by atoms with Crippen LogP contribution in [0.1, 0.15) is 16.7 Å². The number of anilines is 2. The van der Waals surface area contributed by atoms with Gasteiger partial charge in [0.05, 0.1) is 6.26 Å². The van der Waals surface area contributed by atoms with E-state index < -0.39 is 10.0 Å². The molecule has 158 valence electrons. The second kappa shape index (κ2) is 7.51. The molecule has 3 aromatic carbocycles. The summed E-state index contributed by atoms with van der Waals surface area (Å²) in [5, 5.41) is 3.52. The number of rotatable bonds is 4. The van der Waals surface area contributed by atoms with Crippen LogP contribution >= 0.6 is 0 Å². The van der Waals surface area contributed by atoms with Gasteiger partial charge in [-0.15, -0.1) is 0 Å². The first kappa shape index (κ1) is 19.8. The first-order chi connectivity index (χ1) is 14.9. The van der Waals surface area contributed by atoms with E-state index in [0.717, 1.165) is 44.7 Å². The minimum absolute atomic E-state index is 0.408. The smallest absolute Gasteiger partial charge is 0.227 e. The topological polar surface area (TPSA) is 75.4 Å². The van der Waals surface area contributed by atoms with E-state index >= 15 is 0 Å². The highest BCUT2D eigenvalue weighted by molar-refractivity contribution is 7.88. The SMILES string of the molecule is Cc1ccc(Nc2cccc3c2CCN(S(C)(=O)=O)C3)cc1-c1nc2ccccc2o1. The van der Waals surface area contributed by atoms with Gasteiger partial charge in [0.1, 0.15) is 5.52 Å². The van der Waals surface area contributed by atoms with E-state index in [9.17, 15) is 8.42 Å². The predicted molar refractivity (Wildman–Crippen MR) is 123 cm³/mol. The Morgan fingerprint density at radius 3 is 2.71 bits per heavy atom. The Hall–Kier alpha value is -3.16. The van der Waals surface area contributed by atoms with Crippen molar-refractivity contribution in [2.24, 2.45) is 0 Å². The van der Waals surface area contributed by atoms with Crippen LogP contribution in [0.25, 0.3) is 22.6 Å². The minimum atomic E-state index is -3.20. The zero-order valence-electron chi connectivity index (χ0n) is 17.4. The van der Waals surface area contributed by atoms with Crippen molar-refractivity contribution in [1.29, 1.82) is 0 Å². The largest absolute Gasteiger partial charge is 0.436 e. The molecule has 1 aliphatic rings. The molecular weight excluding hydrogens is 410 g/mol. The maximum absolute atomic E-state index is 11.9. The normalized spacial score (nSPS) is 14.5. The molecule has 4 aromatic rings. The molecule has 1 aliphatic heterocycles. The number of hydrogen-bond donors (Lipinski definition) is 1. The third-order valence-electron chi connectivity index (χ3n) is 5.74. The van der Waals surface area contributed by atoms with E-state index in [0.29, 0.717) is 25.4 Å². The third kappa shape index (κ3) is 3.82. The highest BCUT2D eigenvalue weighted by atomic mass is 32.2. The molecule has 1 N–H and O–H groups in total. The molecule has 5 rings (SSSR count). The minimum Gasteiger partial charge on any atom is -0.436 e. The van der Waals surface area contributed by atoms with E-state index in [4.69, 9.17) is 4.42 Å². The lowest BCUT2D eigenvalue weighted by molar-refractivity contribution is 0.395. The molecule has 0 saturated heterocycles. The van der Waals surface area contributed by atoms with Crippen molar-refractivity contribution in [1.82, 2.24) is 9.29 Å². The number of oxazole rings is 1. The number of aromatic nitrogens is 1. The van der Waals surface area contributed by atoms with Gasteiger partial charge in [0.2, 0.25) is 15.9 Å². The van der Waals surface area contributed by atoms with E-state index in [2.05, 4.69) is 10.3 Å². The fourth-order valence-electron chi connectivity index (χ4n) is 4.06. The summed E-state index contributed by atoms with van der Waals surface area (Å²) in [5.41, 5.74) is 7.75. The van der Waals surface area contributed by atoms with Crippen molar-refractivity contribution in [2.45, 2.75) is 19.9 Å². The van der Waals surface area contributed by atoms with Gasteiger partial charge in [0.25, 0.3) is 0 Å². The number of aryl methyl sites for hydroxylation is 1. The summed E-state index contributed by atoms with van der Waals surface area (Å²) in [7, 11) is -3.20. The van der Waals surface area contributed by atoms with Crippen molar-refractivity contribution < 1.29 is 12.8 Å². The van der Waals surface area contributed by atoms with Gasteiger partial charge in [-0.25, -0.2) is 13.4 Å². The van der Waals surface area contributed by atoms with Gasteiger partial charge in [-0.3, -0.25) is 0 Å². The third-order valence-corrected chi connectivity index (χ3v) is 6.99. The van der Waals surface area contributed by atoms with Crippen LogP contribution in [0.2, 0.25) is 0 Å². The maximum Gasteiger partial charge on any atom is 0.227 e. The van der Waals surface area contributed by atoms with Gasteiger partial charge < -0.3 is 9.73 Å². The molecule has 7 heteroatoms. The molecular formula is C24H23N3O3S. The number of para-hydroxylation sites is 2. The van der Waals surface area contributed by atoms with Crippen LogP contribution in [0.4, 0.5) is 11.4 Å². The highest BCUT2D eigenvalue weighted by Crippen LogP contribution is 2.33. The number of hydrogen-bond acceptors (Lipinski definition) is 5. The van der Waals surface area contributed by atoms with Crippen LogP contribution in [-0.2, 0) is 23.0 Å². The van der Waals surface area contributed by atoms with E-state index in [1.165, 1.54) is 10.6 Å². The second-order valence-corrected chi connectivity index (χ2v) is 9.91. The zero-order valence-corrected chi connectivity index (χ0v) is 18.2. The molecule has 1 aromatic heterocycles. The Morgan fingerprint density at radius 2 is 1.90 bits per heavy atom. The van der Waals surface area contributed by atoms with Gasteiger partial charge in [-0.1, -0.05) is 30.3 Å². The van der Waals surface area contributed by atoms with Crippen molar-refractivity contribution in [3.8, 4) is 11.5 Å². The molecule has 0 amide bonds. The lowest BCUT2D eigenvalue weighted by Gasteiger charge is -2.28. The quantitative estimate of drug-likeness (QED) is 0.497. The van der Waals surface area contributed by atoms with Crippen molar-refractivity contribution >= 4 is 32.5 Å². The first-order valence-corrected chi connectivity index (χ1v) is 12.0. The fraction of sp³-hybridized carbons (Fsp3) is 0.208. The Labute approximate surface area is 181 Å². The van der Waals surface area contributed by atoms with E-state index in [1.54, 1.807) is 0 Å². The van der Waals surface area contributed by atoms with Crippen LogP contribution in [-0.4, -0.2) is 30.5 Å².